The summed E-state index contributed by atoms with van der Waals surface area (Å²) < 4.78 is 0. The highest BCUT2D eigenvalue weighted by molar-refractivity contribution is 5.67. The number of aromatic nitrogens is 16. The molecule has 16 heterocycles. The first kappa shape index (κ1) is 84.3. The van der Waals surface area contributed by atoms with E-state index in [-0.39, 0.29) is 0 Å². The van der Waals surface area contributed by atoms with E-state index in [0.717, 1.165) is 95.6 Å². The van der Waals surface area contributed by atoms with Crippen molar-refractivity contribution in [2.24, 2.45) is 0 Å². The minimum atomic E-state index is 0.922. The van der Waals surface area contributed by atoms with Crippen LogP contribution in [0.15, 0.2) is 397 Å². The van der Waals surface area contributed by atoms with Gasteiger partial charge in [-0.3, -0.25) is 79.7 Å². The van der Waals surface area contributed by atoms with Gasteiger partial charge < -0.3 is 0 Å². The largest absolute Gasteiger partial charge is 0.265 e. The van der Waals surface area contributed by atoms with Crippen LogP contribution in [-0.2, 0) is 0 Å². The number of nitrogens with zero attached hydrogens (tertiary/aromatic N) is 16. The van der Waals surface area contributed by atoms with Gasteiger partial charge in [0.1, 0.15) is 0 Å². The van der Waals surface area contributed by atoms with Crippen molar-refractivity contribution < 1.29 is 0 Å². The maximum Gasteiger partial charge on any atom is 0.0888 e. The van der Waals surface area contributed by atoms with Gasteiger partial charge in [0.25, 0.3) is 0 Å². The predicted octanol–water partition coefficient (Wildman–Crippen LogP) is 23.3. The Morgan fingerprint density at radius 2 is 0.453 bits per heavy atom. The topological polar surface area (TPSA) is 206 Å². The van der Waals surface area contributed by atoms with Crippen LogP contribution in [0.2, 0.25) is 0 Å². The van der Waals surface area contributed by atoms with Crippen LogP contribution in [-0.4, -0.2) is 79.7 Å². The fourth-order valence-electron chi connectivity index (χ4n) is 11.3. The van der Waals surface area contributed by atoms with Gasteiger partial charge in [0.05, 0.1) is 34.2 Å². The Hall–Kier alpha value is -15.2. The molecule has 0 saturated heterocycles. The molecule has 18 aromatic rings. The van der Waals surface area contributed by atoms with E-state index in [1.54, 1.807) is 68.2 Å². The molecule has 0 spiro atoms. The molecular weight excluding hydrogens is 1440 g/mol. The molecule has 16 aromatic heterocycles. The molecule has 0 amide bonds. The highest BCUT2D eigenvalue weighted by Gasteiger charge is 2.05. The Bertz CT molecular complexity index is 4710. The standard InChI is InChI=1S/2C12H11N.7C11H10N2/c1-10-7-12(9-13-8-10)11-5-3-2-4-6-11;1-10-9-12(7-8-13-10)11-5-3-2-4-6-11;1-9-2-7-13-11(8-9)10-3-5-12-6-4-10;1-9-6-11(8-13-7-9)10-2-4-12-5-3-10;1-9-4-6-13-11(7-9)10-3-2-5-12-8-10;1-9-5-11(8-13-6-9)10-3-2-4-12-7-10;1-9-8-10(5-7-12-9)11-4-2-3-6-13-11;1-9-5-7-13-11(8-9)10-4-2-3-6-12-10;1-9-6-10(8-12-7-9)11-4-2-3-5-13-11/h2*2-9H,1H3;7*2-8H,1H3. The molecule has 2 aromatic carbocycles. The van der Waals surface area contributed by atoms with Crippen molar-refractivity contribution in [3.63, 3.8) is 0 Å². The molecule has 0 saturated carbocycles. The molecule has 576 valence electrons. The van der Waals surface area contributed by atoms with Crippen LogP contribution in [0.1, 0.15) is 50.3 Å². The molecule has 16 heteroatoms. The van der Waals surface area contributed by atoms with Crippen LogP contribution in [0, 0.1) is 62.3 Å². The lowest BCUT2D eigenvalue weighted by Crippen LogP contribution is -1.86. The fraction of sp³-hybridized carbons (Fsp3) is 0.0891. The molecule has 0 atom stereocenters. The Morgan fingerprint density at radius 3 is 0.880 bits per heavy atom. The summed E-state index contributed by atoms with van der Waals surface area (Å²) in [6, 6.07) is 82.6. The summed E-state index contributed by atoms with van der Waals surface area (Å²) in [5.41, 5.74) is 30.0. The predicted molar refractivity (Wildman–Crippen MR) is 474 cm³/mol. The van der Waals surface area contributed by atoms with E-state index >= 15 is 0 Å². The first-order chi connectivity index (χ1) is 57.2. The summed E-state index contributed by atoms with van der Waals surface area (Å²) in [5.74, 6) is 0. The number of benzene rings is 2. The molecule has 0 aliphatic rings. The molecular formula is C101H92N16. The average molecular weight is 1530 g/mol. The Labute approximate surface area is 686 Å². The first-order valence-corrected chi connectivity index (χ1v) is 38.0. The summed E-state index contributed by atoms with van der Waals surface area (Å²) in [7, 11) is 0. The van der Waals surface area contributed by atoms with Crippen molar-refractivity contribution >= 4 is 0 Å². The summed E-state index contributed by atoms with van der Waals surface area (Å²) in [4.78, 5) is 66.4. The van der Waals surface area contributed by atoms with Crippen molar-refractivity contribution in [2.45, 2.75) is 62.3 Å². The van der Waals surface area contributed by atoms with E-state index in [0.29, 0.717) is 0 Å². The third-order valence-electron chi connectivity index (χ3n) is 17.0. The summed E-state index contributed by atoms with van der Waals surface area (Å²) >= 11 is 0. The number of pyridine rings is 16. The van der Waals surface area contributed by atoms with Crippen molar-refractivity contribution in [1.29, 1.82) is 0 Å². The van der Waals surface area contributed by atoms with Crippen LogP contribution in [0.5, 0.6) is 0 Å². The molecule has 0 aliphatic heterocycles. The van der Waals surface area contributed by atoms with Crippen LogP contribution in [0.3, 0.4) is 0 Å². The van der Waals surface area contributed by atoms with Crippen molar-refractivity contribution in [1.82, 2.24) is 79.7 Å². The van der Waals surface area contributed by atoms with Gasteiger partial charge in [0.15, 0.2) is 0 Å². The maximum atomic E-state index is 4.28. The highest BCUT2D eigenvalue weighted by atomic mass is 14.8. The SMILES string of the molecule is Cc1cc(-c2ccccc2)ccn1.Cc1cc(-c2ccccn2)ccn1.Cc1ccnc(-c2ccccn2)c1.Cc1ccnc(-c2cccnc2)c1.Cc1ccnc(-c2ccncc2)c1.Cc1cncc(-c2ccccc2)c1.Cc1cncc(-c2ccccn2)c1.Cc1cncc(-c2cccnc2)c1.Cc1cncc(-c2ccncc2)c1. The molecule has 0 aliphatic carbocycles. The molecule has 16 nitrogen and oxygen atoms in total. The molecule has 0 bridgehead atoms. The van der Waals surface area contributed by atoms with Gasteiger partial charge in [0, 0.05) is 205 Å². The van der Waals surface area contributed by atoms with Crippen molar-refractivity contribution in [2.75, 3.05) is 0 Å². The maximum absolute atomic E-state index is 4.28. The molecule has 117 heavy (non-hydrogen) atoms. The van der Waals surface area contributed by atoms with E-state index in [4.69, 9.17) is 0 Å². The minimum Gasteiger partial charge on any atom is -0.265 e. The second-order valence-electron chi connectivity index (χ2n) is 26.9. The number of aryl methyl sites for hydroxylation is 9. The van der Waals surface area contributed by atoms with Crippen molar-refractivity contribution in [3.05, 3.63) is 448 Å². The lowest BCUT2D eigenvalue weighted by Gasteiger charge is -2.00. The molecule has 0 radical (unpaired) electrons. The van der Waals surface area contributed by atoms with Gasteiger partial charge in [-0.05, 0) is 287 Å². The second-order valence-corrected chi connectivity index (χ2v) is 26.9. The number of rotatable bonds is 9. The monoisotopic (exact) mass is 1530 g/mol. The lowest BCUT2D eigenvalue weighted by molar-refractivity contribution is 1.19. The minimum absolute atomic E-state index is 0.922. The third kappa shape index (κ3) is 29.5. The van der Waals surface area contributed by atoms with Crippen LogP contribution in [0.4, 0.5) is 0 Å². The zero-order chi connectivity index (χ0) is 81.9. The van der Waals surface area contributed by atoms with E-state index in [2.05, 4.69) is 167 Å². The zero-order valence-electron chi connectivity index (χ0n) is 67.2. The highest BCUT2D eigenvalue weighted by Crippen LogP contribution is 2.24. The average Bonchev–Trinajstić information content (AvgIpc) is 0.932. The van der Waals surface area contributed by atoms with Gasteiger partial charge in [-0.15, -0.1) is 0 Å². The Balaban J connectivity index is 0.000000139. The third-order valence-corrected chi connectivity index (χ3v) is 17.0. The van der Waals surface area contributed by atoms with E-state index in [1.165, 1.54) is 55.6 Å². The lowest BCUT2D eigenvalue weighted by atomic mass is 10.1. The normalized spacial score (nSPS) is 9.92. The van der Waals surface area contributed by atoms with Crippen LogP contribution < -0.4 is 0 Å². The quantitative estimate of drug-likeness (QED) is 0.132. The van der Waals surface area contributed by atoms with Gasteiger partial charge in [-0.25, -0.2) is 0 Å². The van der Waals surface area contributed by atoms with Gasteiger partial charge in [-0.2, -0.15) is 0 Å². The van der Waals surface area contributed by atoms with Crippen LogP contribution >= 0.6 is 0 Å². The van der Waals surface area contributed by atoms with Crippen molar-refractivity contribution in [3.8, 4) is 101 Å². The first-order valence-electron chi connectivity index (χ1n) is 38.0. The van der Waals surface area contributed by atoms with E-state index in [9.17, 15) is 0 Å². The molecule has 0 fully saturated rings. The Morgan fingerprint density at radius 1 is 0.137 bits per heavy atom. The second kappa shape index (κ2) is 46.6. The molecule has 0 unspecified atom stereocenters. The van der Waals surface area contributed by atoms with Gasteiger partial charge in [0.2, 0.25) is 0 Å². The number of hydrogen-bond donors (Lipinski definition) is 0. The smallest absolute Gasteiger partial charge is 0.0888 e. The molecule has 0 N–H and O–H groups in total. The fourth-order valence-corrected chi connectivity index (χ4v) is 11.3. The van der Waals surface area contributed by atoms with Crippen LogP contribution in [0.25, 0.3) is 101 Å². The van der Waals surface area contributed by atoms with E-state index in [1.807, 2.05) is 304 Å². The summed E-state index contributed by atoms with van der Waals surface area (Å²) in [6.45, 7) is 18.3. The van der Waals surface area contributed by atoms with Gasteiger partial charge >= 0.3 is 0 Å². The van der Waals surface area contributed by atoms with Gasteiger partial charge in [-0.1, -0.05) is 84.9 Å². The Kier molecular flexibility index (Phi) is 33.6. The summed E-state index contributed by atoms with van der Waals surface area (Å²) in [6.07, 6.45) is 43.6. The van der Waals surface area contributed by atoms with E-state index < -0.39 is 0 Å². The number of hydrogen-bond acceptors (Lipinski definition) is 16. The summed E-state index contributed by atoms with van der Waals surface area (Å²) in [5, 5.41) is 0. The zero-order valence-corrected chi connectivity index (χ0v) is 67.2. The molecule has 18 rings (SSSR count).